The highest BCUT2D eigenvalue weighted by Gasteiger charge is 2.16. The van der Waals surface area contributed by atoms with Gasteiger partial charge in [0.25, 0.3) is 5.91 Å². The first-order chi connectivity index (χ1) is 13.5. The molecule has 4 rings (SSSR count). The Bertz CT molecular complexity index is 1210. The third-order valence-corrected chi connectivity index (χ3v) is 4.91. The summed E-state index contributed by atoms with van der Waals surface area (Å²) < 4.78 is 13.4. The lowest BCUT2D eigenvalue weighted by Crippen LogP contribution is -2.13. The smallest absolute Gasteiger partial charge is 0.256 e. The van der Waals surface area contributed by atoms with Crippen molar-refractivity contribution in [1.29, 1.82) is 0 Å². The van der Waals surface area contributed by atoms with Gasteiger partial charge in [-0.1, -0.05) is 59.6 Å². The van der Waals surface area contributed by atoms with E-state index in [1.165, 1.54) is 18.2 Å². The molecule has 1 amide bonds. The fourth-order valence-electron chi connectivity index (χ4n) is 2.94. The second kappa shape index (κ2) is 7.58. The molecule has 0 saturated heterocycles. The first-order valence-electron chi connectivity index (χ1n) is 8.44. The van der Waals surface area contributed by atoms with Crippen molar-refractivity contribution in [3.63, 3.8) is 0 Å². The molecular weight excluding hydrogens is 398 g/mol. The molecule has 28 heavy (non-hydrogen) atoms. The van der Waals surface area contributed by atoms with Crippen molar-refractivity contribution in [2.24, 2.45) is 0 Å². The quantitative estimate of drug-likeness (QED) is 0.413. The Morgan fingerprint density at radius 3 is 2.43 bits per heavy atom. The first-order valence-corrected chi connectivity index (χ1v) is 9.19. The molecule has 0 fully saturated rings. The van der Waals surface area contributed by atoms with Crippen LogP contribution in [-0.2, 0) is 0 Å². The molecule has 3 nitrogen and oxygen atoms in total. The van der Waals surface area contributed by atoms with E-state index in [0.29, 0.717) is 32.9 Å². The number of anilines is 1. The summed E-state index contributed by atoms with van der Waals surface area (Å²) in [5.41, 5.74) is 2.82. The van der Waals surface area contributed by atoms with Gasteiger partial charge in [-0.15, -0.1) is 0 Å². The number of nitrogens with one attached hydrogen (secondary N) is 1. The van der Waals surface area contributed by atoms with Gasteiger partial charge < -0.3 is 5.32 Å². The van der Waals surface area contributed by atoms with Gasteiger partial charge in [-0.25, -0.2) is 9.37 Å². The van der Waals surface area contributed by atoms with E-state index in [-0.39, 0.29) is 10.9 Å². The van der Waals surface area contributed by atoms with E-state index in [4.69, 9.17) is 23.2 Å². The molecule has 0 saturated carbocycles. The predicted molar refractivity (Wildman–Crippen MR) is 112 cm³/mol. The van der Waals surface area contributed by atoms with Crippen molar-refractivity contribution in [2.75, 3.05) is 5.32 Å². The maximum absolute atomic E-state index is 13.4. The number of benzene rings is 3. The number of hydrogen-bond donors (Lipinski definition) is 1. The maximum atomic E-state index is 13.4. The molecule has 0 radical (unpaired) electrons. The molecule has 138 valence electrons. The van der Waals surface area contributed by atoms with Crippen LogP contribution in [0.5, 0.6) is 0 Å². The van der Waals surface area contributed by atoms with Crippen LogP contribution in [0.1, 0.15) is 10.4 Å². The van der Waals surface area contributed by atoms with Crippen LogP contribution in [0.4, 0.5) is 10.1 Å². The van der Waals surface area contributed by atoms with Crippen LogP contribution in [0.2, 0.25) is 10.0 Å². The third-order valence-electron chi connectivity index (χ3n) is 4.29. The Morgan fingerprint density at radius 1 is 0.893 bits per heavy atom. The van der Waals surface area contributed by atoms with Crippen molar-refractivity contribution >= 4 is 45.7 Å². The van der Waals surface area contributed by atoms with Gasteiger partial charge in [0, 0.05) is 21.7 Å². The zero-order valence-corrected chi connectivity index (χ0v) is 15.9. The van der Waals surface area contributed by atoms with Crippen molar-refractivity contribution in [2.45, 2.75) is 0 Å². The largest absolute Gasteiger partial charge is 0.322 e. The number of hydrogen-bond acceptors (Lipinski definition) is 2. The Balaban J connectivity index is 1.82. The van der Waals surface area contributed by atoms with Crippen LogP contribution in [0, 0.1) is 5.82 Å². The molecule has 0 atom stereocenters. The lowest BCUT2D eigenvalue weighted by Gasteiger charge is -2.11. The molecule has 6 heteroatoms. The number of halogens is 3. The molecule has 0 aliphatic rings. The number of pyridine rings is 1. The van der Waals surface area contributed by atoms with Crippen LogP contribution in [-0.4, -0.2) is 10.9 Å². The van der Waals surface area contributed by atoms with Gasteiger partial charge >= 0.3 is 0 Å². The van der Waals surface area contributed by atoms with Crippen molar-refractivity contribution in [1.82, 2.24) is 4.98 Å². The van der Waals surface area contributed by atoms with E-state index in [2.05, 4.69) is 10.3 Å². The highest BCUT2D eigenvalue weighted by atomic mass is 35.5. The highest BCUT2D eigenvalue weighted by Crippen LogP contribution is 2.30. The molecule has 0 unspecified atom stereocenters. The van der Waals surface area contributed by atoms with Gasteiger partial charge in [-0.3, -0.25) is 4.79 Å². The Morgan fingerprint density at radius 2 is 1.64 bits per heavy atom. The van der Waals surface area contributed by atoms with E-state index in [9.17, 15) is 9.18 Å². The minimum Gasteiger partial charge on any atom is -0.322 e. The number of aromatic nitrogens is 1. The molecule has 0 bridgehead atoms. The van der Waals surface area contributed by atoms with E-state index < -0.39 is 5.82 Å². The molecule has 4 aromatic rings. The first kappa shape index (κ1) is 18.4. The third kappa shape index (κ3) is 3.57. The van der Waals surface area contributed by atoms with Crippen LogP contribution in [0.3, 0.4) is 0 Å². The maximum Gasteiger partial charge on any atom is 0.256 e. The molecule has 0 spiro atoms. The molecule has 0 aliphatic carbocycles. The monoisotopic (exact) mass is 410 g/mol. The predicted octanol–water partition coefficient (Wildman–Crippen LogP) is 6.60. The second-order valence-electron chi connectivity index (χ2n) is 6.14. The Hall–Kier alpha value is -2.95. The number of rotatable bonds is 3. The number of para-hydroxylation sites is 1. The van der Waals surface area contributed by atoms with Gasteiger partial charge in [-0.2, -0.15) is 0 Å². The molecule has 3 aromatic carbocycles. The van der Waals surface area contributed by atoms with Crippen LogP contribution in [0.15, 0.2) is 72.8 Å². The standard InChI is InChI=1S/C22H13Cl2FN2O/c23-17-7-3-1-6-15(17)21-12-16(14-5-2-4-8-20(14)27-21)22(28)26-13-9-10-19(25)18(24)11-13/h1-12H,(H,26,28). The fraction of sp³-hybridized carbons (Fsp3) is 0. The highest BCUT2D eigenvalue weighted by molar-refractivity contribution is 6.33. The van der Waals surface area contributed by atoms with E-state index >= 15 is 0 Å². The van der Waals surface area contributed by atoms with Crippen LogP contribution in [0.25, 0.3) is 22.2 Å². The average molecular weight is 411 g/mol. The summed E-state index contributed by atoms with van der Waals surface area (Å²) in [5, 5.41) is 3.94. The normalized spacial score (nSPS) is 10.8. The molecular formula is C22H13Cl2FN2O. The summed E-state index contributed by atoms with van der Waals surface area (Å²) in [7, 11) is 0. The summed E-state index contributed by atoms with van der Waals surface area (Å²) in [4.78, 5) is 17.6. The molecule has 0 aliphatic heterocycles. The Labute approximate surface area is 170 Å². The summed E-state index contributed by atoms with van der Waals surface area (Å²) in [6.45, 7) is 0. The minimum atomic E-state index is -0.546. The zero-order valence-electron chi connectivity index (χ0n) is 14.4. The Kier molecular flexibility index (Phi) is 4.99. The lowest BCUT2D eigenvalue weighted by atomic mass is 10.0. The number of fused-ring (bicyclic) bond motifs is 1. The average Bonchev–Trinajstić information content (AvgIpc) is 2.70. The summed E-state index contributed by atoms with van der Waals surface area (Å²) in [6, 6.07) is 20.4. The summed E-state index contributed by atoms with van der Waals surface area (Å²) in [6.07, 6.45) is 0. The van der Waals surface area contributed by atoms with Gasteiger partial charge in [0.2, 0.25) is 0 Å². The molecule has 1 aromatic heterocycles. The summed E-state index contributed by atoms with van der Waals surface area (Å²) >= 11 is 12.1. The fourth-order valence-corrected chi connectivity index (χ4v) is 3.36. The van der Waals surface area contributed by atoms with Gasteiger partial charge in [-0.05, 0) is 36.4 Å². The van der Waals surface area contributed by atoms with E-state index in [1.807, 2.05) is 42.5 Å². The molecule has 1 heterocycles. The SMILES string of the molecule is O=C(Nc1ccc(F)c(Cl)c1)c1cc(-c2ccccc2Cl)nc2ccccc12. The van der Waals surface area contributed by atoms with Gasteiger partial charge in [0.15, 0.2) is 0 Å². The number of nitrogens with zero attached hydrogens (tertiary/aromatic N) is 1. The van der Waals surface area contributed by atoms with E-state index in [0.717, 1.165) is 5.56 Å². The van der Waals surface area contributed by atoms with Crippen LogP contribution >= 0.6 is 23.2 Å². The second-order valence-corrected chi connectivity index (χ2v) is 6.95. The zero-order chi connectivity index (χ0) is 19.7. The lowest BCUT2D eigenvalue weighted by molar-refractivity contribution is 0.102. The van der Waals surface area contributed by atoms with Gasteiger partial charge in [0.1, 0.15) is 5.82 Å². The topological polar surface area (TPSA) is 42.0 Å². The van der Waals surface area contributed by atoms with Crippen molar-refractivity contribution in [3.8, 4) is 11.3 Å². The number of carbonyl (C=O) groups excluding carboxylic acids is 1. The van der Waals surface area contributed by atoms with E-state index in [1.54, 1.807) is 12.1 Å². The van der Waals surface area contributed by atoms with Gasteiger partial charge in [0.05, 0.1) is 21.8 Å². The minimum absolute atomic E-state index is 0.0610. The molecule has 1 N–H and O–H groups in total. The number of amides is 1. The summed E-state index contributed by atoms with van der Waals surface area (Å²) in [5.74, 6) is -0.899. The number of carbonyl (C=O) groups is 1. The van der Waals surface area contributed by atoms with Crippen LogP contribution < -0.4 is 5.32 Å². The van der Waals surface area contributed by atoms with Crippen molar-refractivity contribution < 1.29 is 9.18 Å². The van der Waals surface area contributed by atoms with Crippen molar-refractivity contribution in [3.05, 3.63) is 94.2 Å².